The number of ketones is 1. The Kier molecular flexibility index (Phi) is 3.66. The van der Waals surface area contributed by atoms with Crippen LogP contribution in [0.4, 0.5) is 5.13 Å². The molecule has 0 saturated heterocycles. The number of amides is 1. The third kappa shape index (κ3) is 3.08. The van der Waals surface area contributed by atoms with Crippen molar-refractivity contribution < 1.29 is 14.3 Å². The van der Waals surface area contributed by atoms with Crippen LogP contribution in [0.2, 0.25) is 0 Å². The molecule has 0 bridgehead atoms. The van der Waals surface area contributed by atoms with E-state index in [2.05, 4.69) is 15.5 Å². The number of carbonyl (C=O) groups is 2. The van der Waals surface area contributed by atoms with Crippen molar-refractivity contribution in [2.75, 3.05) is 11.9 Å². The van der Waals surface area contributed by atoms with Crippen molar-refractivity contribution in [1.82, 2.24) is 10.2 Å². The van der Waals surface area contributed by atoms with E-state index in [1.54, 1.807) is 12.1 Å². The van der Waals surface area contributed by atoms with Crippen molar-refractivity contribution in [1.29, 1.82) is 0 Å². The number of anilines is 1. The maximum Gasteiger partial charge on any atom is 0.264 e. The fraction of sp³-hybridized carbons (Fsp3) is 0.286. The summed E-state index contributed by atoms with van der Waals surface area (Å²) in [6.45, 7) is 1.68. The van der Waals surface area contributed by atoms with Gasteiger partial charge in [0.05, 0.1) is 0 Å². The highest BCUT2D eigenvalue weighted by Gasteiger charge is 2.19. The lowest BCUT2D eigenvalue weighted by molar-refractivity contribution is -0.118. The lowest BCUT2D eigenvalue weighted by Crippen LogP contribution is -2.20. The molecular weight excluding hydrogens is 290 g/mol. The first kappa shape index (κ1) is 13.7. The van der Waals surface area contributed by atoms with Crippen molar-refractivity contribution in [3.63, 3.8) is 0 Å². The lowest BCUT2D eigenvalue weighted by atomic mass is 10.1. The van der Waals surface area contributed by atoms with Crippen molar-refractivity contribution in [3.8, 4) is 5.75 Å². The van der Waals surface area contributed by atoms with Crippen LogP contribution < -0.4 is 10.1 Å². The van der Waals surface area contributed by atoms with Crippen LogP contribution in [0.25, 0.3) is 0 Å². The van der Waals surface area contributed by atoms with Crippen molar-refractivity contribution in [2.24, 2.45) is 0 Å². The quantitative estimate of drug-likeness (QED) is 0.934. The van der Waals surface area contributed by atoms with Gasteiger partial charge in [0.1, 0.15) is 10.8 Å². The topological polar surface area (TPSA) is 81.2 Å². The molecule has 1 amide bonds. The molecule has 108 valence electrons. The predicted molar refractivity (Wildman–Crippen MR) is 77.9 cm³/mol. The fourth-order valence-electron chi connectivity index (χ4n) is 2.16. The number of Topliss-reactive ketones (excluding diaryl/α,β-unsaturated/α-hetero) is 1. The van der Waals surface area contributed by atoms with Gasteiger partial charge in [-0.15, -0.1) is 10.2 Å². The van der Waals surface area contributed by atoms with Gasteiger partial charge in [0.25, 0.3) is 5.91 Å². The van der Waals surface area contributed by atoms with Gasteiger partial charge < -0.3 is 4.74 Å². The van der Waals surface area contributed by atoms with E-state index < -0.39 is 0 Å². The summed E-state index contributed by atoms with van der Waals surface area (Å²) in [6.07, 6.45) is 1.33. The Morgan fingerprint density at radius 1 is 1.38 bits per heavy atom. The number of ether oxygens (including phenoxy) is 1. The Morgan fingerprint density at radius 3 is 3.00 bits per heavy atom. The molecule has 0 spiro atoms. The summed E-state index contributed by atoms with van der Waals surface area (Å²) < 4.78 is 5.41. The number of carbonyl (C=O) groups excluding carboxylic acids is 2. The molecular formula is C14H13N3O3S. The maximum absolute atomic E-state index is 11.7. The lowest BCUT2D eigenvalue weighted by Gasteiger charge is -2.07. The molecule has 1 aromatic carbocycles. The van der Waals surface area contributed by atoms with E-state index in [9.17, 15) is 9.59 Å². The van der Waals surface area contributed by atoms with E-state index >= 15 is 0 Å². The van der Waals surface area contributed by atoms with Crippen LogP contribution in [0.1, 0.15) is 27.3 Å². The molecule has 1 heterocycles. The molecule has 21 heavy (non-hydrogen) atoms. The second-order valence-corrected chi connectivity index (χ2v) is 5.89. The summed E-state index contributed by atoms with van der Waals surface area (Å²) in [5.74, 6) is 0.342. The number of fused-ring (bicyclic) bond motifs is 1. The number of hydrogen-bond donors (Lipinski definition) is 1. The molecule has 0 unspecified atom stereocenters. The number of rotatable bonds is 4. The van der Waals surface area contributed by atoms with Gasteiger partial charge in [-0.1, -0.05) is 17.4 Å². The molecule has 2 aromatic rings. The Morgan fingerprint density at radius 2 is 2.24 bits per heavy atom. The Balaban J connectivity index is 1.59. The first-order chi connectivity index (χ1) is 10.1. The highest BCUT2D eigenvalue weighted by atomic mass is 32.1. The minimum absolute atomic E-state index is 0.129. The normalized spacial score (nSPS) is 13.1. The highest BCUT2D eigenvalue weighted by molar-refractivity contribution is 7.15. The Labute approximate surface area is 125 Å². The monoisotopic (exact) mass is 303 g/mol. The molecule has 0 radical (unpaired) electrons. The molecule has 1 N–H and O–H groups in total. The molecule has 1 aliphatic rings. The first-order valence-corrected chi connectivity index (χ1v) is 7.32. The van der Waals surface area contributed by atoms with Gasteiger partial charge in [-0.2, -0.15) is 0 Å². The van der Waals surface area contributed by atoms with Crippen LogP contribution >= 0.6 is 11.3 Å². The van der Waals surface area contributed by atoms with E-state index in [1.165, 1.54) is 11.3 Å². The van der Waals surface area contributed by atoms with Gasteiger partial charge in [0.15, 0.2) is 12.4 Å². The van der Waals surface area contributed by atoms with Gasteiger partial charge in [0, 0.05) is 12.0 Å². The third-order valence-corrected chi connectivity index (χ3v) is 3.90. The number of benzene rings is 1. The number of hydrogen-bond acceptors (Lipinski definition) is 6. The van der Waals surface area contributed by atoms with E-state index in [0.717, 1.165) is 17.0 Å². The molecule has 0 atom stereocenters. The standard InChI is InChI=1S/C14H13N3O3S/c1-8-16-17-14(21-8)15-13(19)7-20-10-4-2-9-3-5-12(18)11(9)6-10/h2,4,6H,3,5,7H2,1H3,(H,15,17,19). The number of aromatic nitrogens is 2. The van der Waals surface area contributed by atoms with Gasteiger partial charge in [-0.05, 0) is 31.0 Å². The van der Waals surface area contributed by atoms with Crippen molar-refractivity contribution >= 4 is 28.2 Å². The fourth-order valence-corrected chi connectivity index (χ4v) is 2.77. The first-order valence-electron chi connectivity index (χ1n) is 6.51. The van der Waals surface area contributed by atoms with Crippen LogP contribution in [0.5, 0.6) is 5.75 Å². The zero-order chi connectivity index (χ0) is 14.8. The molecule has 0 saturated carbocycles. The molecule has 7 heteroatoms. The SMILES string of the molecule is Cc1nnc(NC(=O)COc2ccc3c(c2)C(=O)CC3)s1. The van der Waals surface area contributed by atoms with E-state index in [-0.39, 0.29) is 18.3 Å². The van der Waals surface area contributed by atoms with E-state index in [4.69, 9.17) is 4.74 Å². The number of aryl methyl sites for hydroxylation is 2. The summed E-state index contributed by atoms with van der Waals surface area (Å²) in [5, 5.41) is 11.5. The summed E-state index contributed by atoms with van der Waals surface area (Å²) >= 11 is 1.30. The predicted octanol–water partition coefficient (Wildman–Crippen LogP) is 1.99. The van der Waals surface area contributed by atoms with E-state index in [1.807, 2.05) is 13.0 Å². The second-order valence-electron chi connectivity index (χ2n) is 4.71. The van der Waals surface area contributed by atoms with Gasteiger partial charge in [0.2, 0.25) is 5.13 Å². The molecule has 0 fully saturated rings. The van der Waals surface area contributed by atoms with Crippen LogP contribution in [-0.4, -0.2) is 28.5 Å². The highest BCUT2D eigenvalue weighted by Crippen LogP contribution is 2.26. The number of nitrogens with one attached hydrogen (secondary N) is 1. The van der Waals surface area contributed by atoms with E-state index in [0.29, 0.717) is 22.9 Å². The second kappa shape index (κ2) is 5.61. The Hall–Kier alpha value is -2.28. The smallest absolute Gasteiger partial charge is 0.264 e. The summed E-state index contributed by atoms with van der Waals surface area (Å²) in [7, 11) is 0. The van der Waals surface area contributed by atoms with Crippen LogP contribution in [0.15, 0.2) is 18.2 Å². The van der Waals surface area contributed by atoms with Crippen LogP contribution in [-0.2, 0) is 11.2 Å². The van der Waals surface area contributed by atoms with Crippen LogP contribution in [0, 0.1) is 6.92 Å². The van der Waals surface area contributed by atoms with Crippen molar-refractivity contribution in [3.05, 3.63) is 34.3 Å². The zero-order valence-electron chi connectivity index (χ0n) is 11.4. The largest absolute Gasteiger partial charge is 0.484 e. The molecule has 3 rings (SSSR count). The molecule has 6 nitrogen and oxygen atoms in total. The van der Waals surface area contributed by atoms with Crippen LogP contribution in [0.3, 0.4) is 0 Å². The average Bonchev–Trinajstić information content (AvgIpc) is 3.03. The van der Waals surface area contributed by atoms with Gasteiger partial charge in [-0.25, -0.2) is 0 Å². The van der Waals surface area contributed by atoms with Gasteiger partial charge >= 0.3 is 0 Å². The zero-order valence-corrected chi connectivity index (χ0v) is 12.2. The van der Waals surface area contributed by atoms with Crippen molar-refractivity contribution in [2.45, 2.75) is 19.8 Å². The summed E-state index contributed by atoms with van der Waals surface area (Å²) in [4.78, 5) is 23.4. The average molecular weight is 303 g/mol. The molecule has 1 aliphatic carbocycles. The molecule has 1 aromatic heterocycles. The minimum Gasteiger partial charge on any atom is -0.484 e. The molecule has 0 aliphatic heterocycles. The number of nitrogens with zero attached hydrogens (tertiary/aromatic N) is 2. The Bertz CT molecular complexity index is 711. The maximum atomic E-state index is 11.7. The summed E-state index contributed by atoms with van der Waals surface area (Å²) in [5.41, 5.74) is 1.74. The minimum atomic E-state index is -0.307. The summed E-state index contributed by atoms with van der Waals surface area (Å²) in [6, 6.07) is 5.36. The third-order valence-electron chi connectivity index (χ3n) is 3.15. The van der Waals surface area contributed by atoms with Gasteiger partial charge in [-0.3, -0.25) is 14.9 Å².